The Labute approximate surface area is 410 Å². The molecule has 0 atom stereocenters. The molecule has 6 aromatic heterocycles. The van der Waals surface area contributed by atoms with Gasteiger partial charge >= 0.3 is 0 Å². The first-order valence-electron chi connectivity index (χ1n) is 23.9. The molecule has 332 valence electrons. The summed E-state index contributed by atoms with van der Waals surface area (Å²) in [5.74, 6) is 0. The number of hydrogen-bond donors (Lipinski definition) is 0. The smallest absolute Gasteiger partial charge is 0.102 e. The number of fused-ring (bicyclic) bond motifs is 15. The maximum Gasteiger partial charge on any atom is 0.102 e. The van der Waals surface area contributed by atoms with Gasteiger partial charge in [-0.2, -0.15) is 10.5 Å². The van der Waals surface area contributed by atoms with Crippen LogP contribution in [0.4, 0.5) is 0 Å². The van der Waals surface area contributed by atoms with Gasteiger partial charge < -0.3 is 18.3 Å². The third-order valence-electron chi connectivity index (χ3n) is 14.8. The van der Waals surface area contributed by atoms with Gasteiger partial charge in [-0.3, -0.25) is 9.97 Å². The van der Waals surface area contributed by atoms with Crippen molar-refractivity contribution in [3.63, 3.8) is 0 Å². The van der Waals surface area contributed by atoms with Crippen LogP contribution in [0.25, 0.3) is 132 Å². The number of hydrogen-bond acceptors (Lipinski definition) is 4. The number of benzene rings is 9. The van der Waals surface area contributed by atoms with Gasteiger partial charge in [-0.05, 0) is 78.2 Å². The van der Waals surface area contributed by atoms with Crippen LogP contribution in [-0.4, -0.2) is 28.2 Å². The maximum absolute atomic E-state index is 11.8. The van der Waals surface area contributed by atoms with E-state index >= 15 is 0 Å². The molecule has 0 aliphatic carbocycles. The van der Waals surface area contributed by atoms with Crippen molar-refractivity contribution in [2.24, 2.45) is 0 Å². The first-order valence-corrected chi connectivity index (χ1v) is 23.9. The van der Waals surface area contributed by atoms with Crippen LogP contribution in [0.15, 0.2) is 219 Å². The number of para-hydroxylation sites is 6. The molecule has 0 spiro atoms. The summed E-state index contributed by atoms with van der Waals surface area (Å²) in [5.41, 5.74) is 13.4. The summed E-state index contributed by atoms with van der Waals surface area (Å²) in [6.07, 6.45) is 7.10. The predicted octanol–water partition coefficient (Wildman–Crippen LogP) is 15.4. The molecule has 15 rings (SSSR count). The second-order valence-corrected chi connectivity index (χ2v) is 18.3. The molecule has 0 amide bonds. The second-order valence-electron chi connectivity index (χ2n) is 18.3. The molecule has 9 aromatic carbocycles. The molecule has 0 unspecified atom stereocenters. The van der Waals surface area contributed by atoms with Crippen LogP contribution in [0.3, 0.4) is 0 Å². The van der Waals surface area contributed by atoms with E-state index in [0.29, 0.717) is 33.6 Å². The van der Waals surface area contributed by atoms with E-state index in [1.54, 1.807) is 24.8 Å². The van der Waals surface area contributed by atoms with E-state index in [0.717, 1.165) is 109 Å². The van der Waals surface area contributed by atoms with E-state index in [-0.39, 0.29) is 0 Å². The van der Waals surface area contributed by atoms with Gasteiger partial charge in [-0.25, -0.2) is 0 Å². The Morgan fingerprint density at radius 3 is 1.26 bits per heavy atom. The summed E-state index contributed by atoms with van der Waals surface area (Å²) in [4.78, 5) is 9.18. The highest BCUT2D eigenvalue weighted by atomic mass is 15.0. The van der Waals surface area contributed by atoms with E-state index in [1.807, 2.05) is 18.2 Å². The first kappa shape index (κ1) is 39.7. The molecular weight excluding hydrogens is 881 g/mol. The Bertz CT molecular complexity index is 4610. The standard InChI is InChI=1S/C64H36N8/c65-34-49-58(71-54-25-13-9-21-47(54)61-56(71)29-27-45-43-19-7-11-23-52(43)69(63(45)61)40-15-3-1-4-16-40)33-59(50(35-66)60(49)51-38-68-37-39-36-67-32-31-42(39)51)72-55-26-14-10-22-48(55)62-57(72)30-28-46-44-20-8-12-24-53(44)70(64(46)62)41-17-5-2-6-18-41/h1-33,36-38H. The molecule has 0 fully saturated rings. The van der Waals surface area contributed by atoms with Crippen molar-refractivity contribution in [1.82, 2.24) is 28.2 Å². The molecule has 0 radical (unpaired) electrons. The van der Waals surface area contributed by atoms with Crippen molar-refractivity contribution in [3.05, 3.63) is 230 Å². The zero-order valence-corrected chi connectivity index (χ0v) is 38.4. The SMILES string of the molecule is N#Cc1c(-n2c3ccccc3c3c2ccc2c4ccccc4n(-c4ccccc4)c23)cc(-n2c3ccccc3c3c2ccc2c4ccccc4n(-c4ccccc4)c23)c(C#N)c1-c1cncc2cnccc12. The van der Waals surface area contributed by atoms with Gasteiger partial charge in [0.15, 0.2) is 0 Å². The van der Waals surface area contributed by atoms with Gasteiger partial charge in [0.05, 0.1) is 66.6 Å². The molecule has 0 aliphatic rings. The van der Waals surface area contributed by atoms with Crippen molar-refractivity contribution < 1.29 is 0 Å². The molecular formula is C64H36N8. The van der Waals surface area contributed by atoms with E-state index in [1.165, 1.54) is 0 Å². The van der Waals surface area contributed by atoms with Gasteiger partial charge in [-0.15, -0.1) is 0 Å². The van der Waals surface area contributed by atoms with Crippen LogP contribution in [0.1, 0.15) is 11.1 Å². The Balaban J connectivity index is 1.14. The normalized spacial score (nSPS) is 11.9. The van der Waals surface area contributed by atoms with E-state index in [4.69, 9.17) is 4.98 Å². The molecule has 0 aliphatic heterocycles. The van der Waals surface area contributed by atoms with Crippen LogP contribution >= 0.6 is 0 Å². The maximum atomic E-state index is 11.8. The van der Waals surface area contributed by atoms with Crippen molar-refractivity contribution >= 4 is 98.0 Å². The van der Waals surface area contributed by atoms with Crippen molar-refractivity contribution in [2.75, 3.05) is 0 Å². The zero-order chi connectivity index (χ0) is 47.6. The third-order valence-corrected chi connectivity index (χ3v) is 14.8. The molecule has 6 heterocycles. The molecule has 0 saturated carbocycles. The fourth-order valence-electron chi connectivity index (χ4n) is 11.9. The Morgan fingerprint density at radius 2 is 0.778 bits per heavy atom. The Kier molecular flexibility index (Phi) is 8.33. The fourth-order valence-corrected chi connectivity index (χ4v) is 11.9. The predicted molar refractivity (Wildman–Crippen MR) is 292 cm³/mol. The van der Waals surface area contributed by atoms with E-state index < -0.39 is 0 Å². The van der Waals surface area contributed by atoms with Gasteiger partial charge in [0.25, 0.3) is 0 Å². The molecule has 0 bridgehead atoms. The number of nitriles is 2. The zero-order valence-electron chi connectivity index (χ0n) is 38.4. The first-order chi connectivity index (χ1) is 35.7. The molecule has 8 nitrogen and oxygen atoms in total. The topological polar surface area (TPSA) is 93.1 Å². The quantitative estimate of drug-likeness (QED) is 0.172. The lowest BCUT2D eigenvalue weighted by Crippen LogP contribution is -2.07. The highest BCUT2D eigenvalue weighted by Crippen LogP contribution is 2.48. The summed E-state index contributed by atoms with van der Waals surface area (Å²) >= 11 is 0. The summed E-state index contributed by atoms with van der Waals surface area (Å²) in [5, 5.41) is 34.1. The summed E-state index contributed by atoms with van der Waals surface area (Å²) < 4.78 is 9.22. The highest BCUT2D eigenvalue weighted by Gasteiger charge is 2.29. The number of aromatic nitrogens is 6. The largest absolute Gasteiger partial charge is 0.309 e. The van der Waals surface area contributed by atoms with E-state index in [9.17, 15) is 10.5 Å². The summed E-state index contributed by atoms with van der Waals surface area (Å²) in [6, 6.07) is 73.4. The highest BCUT2D eigenvalue weighted by molar-refractivity contribution is 6.28. The average Bonchev–Trinajstić information content (AvgIpc) is 4.18. The second kappa shape index (κ2) is 15.1. The van der Waals surface area contributed by atoms with Gasteiger partial charge in [0.2, 0.25) is 0 Å². The van der Waals surface area contributed by atoms with Crippen LogP contribution < -0.4 is 0 Å². The van der Waals surface area contributed by atoms with Crippen molar-refractivity contribution in [2.45, 2.75) is 0 Å². The minimum atomic E-state index is 0.361. The van der Waals surface area contributed by atoms with Crippen molar-refractivity contribution in [3.8, 4) is 46.0 Å². The van der Waals surface area contributed by atoms with Crippen LogP contribution in [0.2, 0.25) is 0 Å². The lowest BCUT2D eigenvalue weighted by Gasteiger charge is -2.20. The lowest BCUT2D eigenvalue weighted by molar-refractivity contribution is 1.12. The summed E-state index contributed by atoms with van der Waals surface area (Å²) in [6.45, 7) is 0. The van der Waals surface area contributed by atoms with Gasteiger partial charge in [-0.1, -0.05) is 121 Å². The average molecular weight is 917 g/mol. The van der Waals surface area contributed by atoms with Crippen LogP contribution in [-0.2, 0) is 0 Å². The fraction of sp³-hybridized carbons (Fsp3) is 0. The molecule has 0 saturated heterocycles. The molecule has 8 heteroatoms. The molecule has 72 heavy (non-hydrogen) atoms. The minimum Gasteiger partial charge on any atom is -0.309 e. The van der Waals surface area contributed by atoms with Crippen molar-refractivity contribution in [1.29, 1.82) is 10.5 Å². The Morgan fingerprint density at radius 1 is 0.347 bits per heavy atom. The minimum absolute atomic E-state index is 0.361. The van der Waals surface area contributed by atoms with Crippen LogP contribution in [0, 0.1) is 22.7 Å². The number of pyridine rings is 2. The van der Waals surface area contributed by atoms with Crippen LogP contribution in [0.5, 0.6) is 0 Å². The number of nitrogens with zero attached hydrogens (tertiary/aromatic N) is 8. The van der Waals surface area contributed by atoms with Gasteiger partial charge in [0, 0.05) is 95.8 Å². The summed E-state index contributed by atoms with van der Waals surface area (Å²) in [7, 11) is 0. The molecule has 0 N–H and O–H groups in total. The monoisotopic (exact) mass is 916 g/mol. The number of rotatable bonds is 5. The Hall–Kier alpha value is -10.3. The molecule has 15 aromatic rings. The third kappa shape index (κ3) is 5.32. The lowest BCUT2D eigenvalue weighted by atomic mass is 9.90. The van der Waals surface area contributed by atoms with Gasteiger partial charge in [0.1, 0.15) is 12.1 Å². The van der Waals surface area contributed by atoms with E-state index in [2.05, 4.69) is 211 Å².